The van der Waals surface area contributed by atoms with Crippen molar-refractivity contribution in [3.8, 4) is 5.75 Å². The first-order valence-electron chi connectivity index (χ1n) is 17.7. The van der Waals surface area contributed by atoms with Crippen molar-refractivity contribution in [2.24, 2.45) is 52.3 Å². The van der Waals surface area contributed by atoms with E-state index in [-0.39, 0.29) is 58.4 Å². The smallest absolute Gasteiger partial charge is 0.421 e. The SMILES string of the molecule is CC[C@H]1[C@@H](O)[C@@H]2[C@H](CC[C@]3(C)[C@@H]([C@H](C)COC(=O)NS(=O)(=O)c4ccc(OC5CCCC5)cc4)CC[C@@H]23)[C@@]2(C)CC[C@@H](O)C[C@@H]12. The van der Waals surface area contributed by atoms with Crippen LogP contribution in [0.25, 0.3) is 0 Å². The molecular formula is C36H55NO7S. The molecule has 0 bridgehead atoms. The highest BCUT2D eigenvalue weighted by atomic mass is 32.2. The predicted molar refractivity (Wildman–Crippen MR) is 172 cm³/mol. The van der Waals surface area contributed by atoms with E-state index >= 15 is 0 Å². The highest BCUT2D eigenvalue weighted by Crippen LogP contribution is 2.69. The molecule has 0 aromatic heterocycles. The molecule has 3 N–H and O–H groups in total. The maximum Gasteiger partial charge on any atom is 0.421 e. The summed E-state index contributed by atoms with van der Waals surface area (Å²) in [5.41, 5.74) is 0.191. The van der Waals surface area contributed by atoms with Crippen LogP contribution in [0.3, 0.4) is 0 Å². The van der Waals surface area contributed by atoms with Gasteiger partial charge in [-0.05, 0) is 147 Å². The second-order valence-electron chi connectivity index (χ2n) is 15.8. The molecule has 0 spiro atoms. The summed E-state index contributed by atoms with van der Waals surface area (Å²) in [7, 11) is -4.07. The fourth-order valence-corrected chi connectivity index (χ4v) is 12.2. The van der Waals surface area contributed by atoms with Crippen molar-refractivity contribution >= 4 is 16.1 Å². The summed E-state index contributed by atoms with van der Waals surface area (Å²) in [6, 6.07) is 6.19. The number of hydrogen-bond donors (Lipinski definition) is 3. The van der Waals surface area contributed by atoms with E-state index in [1.807, 2.05) is 0 Å². The first kappa shape index (κ1) is 33.1. The van der Waals surface area contributed by atoms with Crippen LogP contribution >= 0.6 is 0 Å². The highest BCUT2D eigenvalue weighted by molar-refractivity contribution is 7.90. The average molecular weight is 646 g/mol. The molecule has 5 fully saturated rings. The molecule has 0 unspecified atom stereocenters. The van der Waals surface area contributed by atoms with Crippen molar-refractivity contribution in [2.45, 2.75) is 128 Å². The van der Waals surface area contributed by atoms with Crippen LogP contribution < -0.4 is 9.46 Å². The number of sulfonamides is 1. The Balaban J connectivity index is 1.07. The van der Waals surface area contributed by atoms with Gasteiger partial charge in [-0.15, -0.1) is 0 Å². The molecule has 0 heterocycles. The number of carbonyl (C=O) groups excluding carboxylic acids is 1. The van der Waals surface area contributed by atoms with Gasteiger partial charge in [0.2, 0.25) is 0 Å². The van der Waals surface area contributed by atoms with Gasteiger partial charge < -0.3 is 19.7 Å². The van der Waals surface area contributed by atoms with Gasteiger partial charge in [-0.1, -0.05) is 34.1 Å². The number of fused-ring (bicyclic) bond motifs is 5. The lowest BCUT2D eigenvalue weighted by Gasteiger charge is -2.64. The van der Waals surface area contributed by atoms with E-state index in [0.717, 1.165) is 77.0 Å². The van der Waals surface area contributed by atoms with Gasteiger partial charge in [0.15, 0.2) is 0 Å². The molecule has 5 aliphatic carbocycles. The van der Waals surface area contributed by atoms with Crippen LogP contribution in [0.15, 0.2) is 29.2 Å². The third-order valence-corrected chi connectivity index (χ3v) is 14.9. The maximum atomic E-state index is 12.9. The molecule has 1 aromatic carbocycles. The Morgan fingerprint density at radius 2 is 1.62 bits per heavy atom. The fourth-order valence-electron chi connectivity index (χ4n) is 11.3. The minimum Gasteiger partial charge on any atom is -0.490 e. The number of carbonyl (C=O) groups is 1. The molecule has 9 heteroatoms. The largest absolute Gasteiger partial charge is 0.490 e. The standard InChI is InChI=1S/C36H55NO7S/c1-5-27-31-20-23(38)16-18-36(31,4)30-17-19-35(3)28(14-15-29(35)32(30)33(27)39)22(2)21-43-34(40)37-45(41,42)26-12-10-25(11-13-26)44-24-8-6-7-9-24/h10-13,22-24,27-33,38-39H,5-9,14-21H2,1-4H3,(H,37,40)/t22-,23-,27-,28-,29+,30+,31+,32+,33-,35-,36-/m1/s1. The van der Waals surface area contributed by atoms with Gasteiger partial charge in [0.1, 0.15) is 5.75 Å². The zero-order valence-electron chi connectivity index (χ0n) is 27.6. The van der Waals surface area contributed by atoms with Crippen LogP contribution in [-0.2, 0) is 14.8 Å². The minimum absolute atomic E-state index is 0.00555. The Bertz CT molecular complexity index is 1310. The van der Waals surface area contributed by atoms with Crippen molar-refractivity contribution in [3.05, 3.63) is 24.3 Å². The first-order valence-corrected chi connectivity index (χ1v) is 19.2. The Hall–Kier alpha value is -1.84. The van der Waals surface area contributed by atoms with E-state index in [1.165, 1.54) is 12.1 Å². The molecule has 0 radical (unpaired) electrons. The average Bonchev–Trinajstić information content (AvgIpc) is 3.64. The van der Waals surface area contributed by atoms with Gasteiger partial charge in [-0.3, -0.25) is 0 Å². The topological polar surface area (TPSA) is 122 Å². The lowest BCUT2D eigenvalue weighted by molar-refractivity contribution is -0.203. The quantitative estimate of drug-likeness (QED) is 0.288. The minimum atomic E-state index is -4.07. The van der Waals surface area contributed by atoms with Crippen LogP contribution in [0.1, 0.15) is 105 Å². The monoisotopic (exact) mass is 645 g/mol. The number of benzene rings is 1. The fraction of sp³-hybridized carbons (Fsp3) is 0.806. The van der Waals surface area contributed by atoms with Crippen molar-refractivity contribution in [3.63, 3.8) is 0 Å². The summed E-state index contributed by atoms with van der Waals surface area (Å²) in [6.07, 6.45) is 10.9. The van der Waals surface area contributed by atoms with Crippen LogP contribution in [0.4, 0.5) is 4.79 Å². The lowest BCUT2D eigenvalue weighted by Crippen LogP contribution is -2.62. The van der Waals surface area contributed by atoms with Gasteiger partial charge in [-0.25, -0.2) is 17.9 Å². The van der Waals surface area contributed by atoms with Crippen molar-refractivity contribution in [1.29, 1.82) is 0 Å². The molecule has 1 aromatic rings. The normalized spacial score (nSPS) is 40.6. The molecule has 11 atom stereocenters. The zero-order chi connectivity index (χ0) is 32.1. The maximum absolute atomic E-state index is 12.9. The number of ether oxygens (including phenoxy) is 2. The molecule has 1 amide bonds. The van der Waals surface area contributed by atoms with Crippen molar-refractivity contribution in [2.75, 3.05) is 6.61 Å². The molecule has 6 rings (SSSR count). The second kappa shape index (κ2) is 12.6. The summed E-state index contributed by atoms with van der Waals surface area (Å²) in [5, 5.41) is 22.5. The van der Waals surface area contributed by atoms with Gasteiger partial charge in [0, 0.05) is 0 Å². The molecule has 5 saturated carbocycles. The number of rotatable bonds is 8. The van der Waals surface area contributed by atoms with Gasteiger partial charge in [-0.2, -0.15) is 0 Å². The summed E-state index contributed by atoms with van der Waals surface area (Å²) in [6.45, 7) is 9.29. The number of aliphatic hydroxyl groups is 2. The number of aliphatic hydroxyl groups excluding tert-OH is 2. The Labute approximate surface area is 270 Å². The van der Waals surface area contributed by atoms with Crippen molar-refractivity contribution < 1.29 is 32.9 Å². The molecule has 8 nitrogen and oxygen atoms in total. The van der Waals surface area contributed by atoms with E-state index in [2.05, 4.69) is 32.4 Å². The van der Waals surface area contributed by atoms with Gasteiger partial charge in [0.05, 0.1) is 29.8 Å². The Morgan fingerprint density at radius 3 is 2.31 bits per heavy atom. The first-order chi connectivity index (χ1) is 21.4. The van der Waals surface area contributed by atoms with E-state index in [0.29, 0.717) is 29.4 Å². The summed E-state index contributed by atoms with van der Waals surface area (Å²) >= 11 is 0. The number of amides is 1. The van der Waals surface area contributed by atoms with E-state index < -0.39 is 16.1 Å². The molecule has 0 saturated heterocycles. The summed E-state index contributed by atoms with van der Waals surface area (Å²) < 4.78 is 39.4. The zero-order valence-corrected chi connectivity index (χ0v) is 28.4. The van der Waals surface area contributed by atoms with Crippen LogP contribution in [-0.4, -0.2) is 49.6 Å². The Morgan fingerprint density at radius 1 is 0.956 bits per heavy atom. The van der Waals surface area contributed by atoms with Gasteiger partial charge >= 0.3 is 6.09 Å². The number of nitrogens with one attached hydrogen (secondary N) is 1. The third-order valence-electron chi connectivity index (χ3n) is 13.6. The van der Waals surface area contributed by atoms with Crippen molar-refractivity contribution in [1.82, 2.24) is 4.72 Å². The molecule has 45 heavy (non-hydrogen) atoms. The highest BCUT2D eigenvalue weighted by Gasteiger charge is 2.65. The Kier molecular flexibility index (Phi) is 9.29. The van der Waals surface area contributed by atoms with E-state index in [4.69, 9.17) is 9.47 Å². The third kappa shape index (κ3) is 6.03. The van der Waals surface area contributed by atoms with E-state index in [1.54, 1.807) is 12.1 Å². The van der Waals surface area contributed by atoms with Crippen LogP contribution in [0, 0.1) is 52.3 Å². The van der Waals surface area contributed by atoms with E-state index in [9.17, 15) is 23.4 Å². The lowest BCUT2D eigenvalue weighted by atomic mass is 9.41. The summed E-state index contributed by atoms with van der Waals surface area (Å²) in [4.78, 5) is 12.7. The molecule has 252 valence electrons. The summed E-state index contributed by atoms with van der Waals surface area (Å²) in [5.74, 6) is 2.74. The van der Waals surface area contributed by atoms with Crippen LogP contribution in [0.5, 0.6) is 5.75 Å². The second-order valence-corrected chi connectivity index (χ2v) is 17.5. The molecular weight excluding hydrogens is 590 g/mol. The van der Waals surface area contributed by atoms with Crippen LogP contribution in [0.2, 0.25) is 0 Å². The van der Waals surface area contributed by atoms with Gasteiger partial charge in [0.25, 0.3) is 10.0 Å². The molecule has 0 aliphatic heterocycles. The molecule has 5 aliphatic rings. The number of hydrogen-bond acceptors (Lipinski definition) is 7. The predicted octanol–water partition coefficient (Wildman–Crippen LogP) is 6.69.